The molecule has 0 radical (unpaired) electrons. The summed E-state index contributed by atoms with van der Waals surface area (Å²) in [4.78, 5) is 25.0. The van der Waals surface area contributed by atoms with Gasteiger partial charge >= 0.3 is 0 Å². The van der Waals surface area contributed by atoms with Crippen molar-refractivity contribution in [1.29, 1.82) is 0 Å². The molecule has 0 aliphatic carbocycles. The molecular formula is C17H25N3O3. The first-order chi connectivity index (χ1) is 11.0. The van der Waals surface area contributed by atoms with Crippen molar-refractivity contribution < 1.29 is 14.7 Å². The third-order valence-electron chi connectivity index (χ3n) is 4.16. The summed E-state index contributed by atoms with van der Waals surface area (Å²) in [6.45, 7) is 1.32. The largest absolute Gasteiger partial charge is 0.379 e. The Morgan fingerprint density at radius 2 is 2.09 bits per heavy atom. The Hall–Kier alpha value is -1.92. The lowest BCUT2D eigenvalue weighted by molar-refractivity contribution is -0.156. The standard InChI is InChI=1S/C17H25N3O3/c18-15(21)12-19-13-17(23)9-5-11-20(16(17)22)10-4-8-14-6-2-1-3-7-14/h1-3,6-7,19,23H,4-5,8-13H2,(H2,18,21). The number of piperidine rings is 1. The molecule has 1 aliphatic heterocycles. The normalized spacial score (nSPS) is 21.4. The first-order valence-corrected chi connectivity index (χ1v) is 8.06. The Morgan fingerprint density at radius 3 is 2.78 bits per heavy atom. The Balaban J connectivity index is 1.82. The van der Waals surface area contributed by atoms with E-state index in [1.165, 1.54) is 5.56 Å². The Kier molecular flexibility index (Phi) is 6.12. The van der Waals surface area contributed by atoms with Crippen LogP contribution in [0.5, 0.6) is 0 Å². The first kappa shape index (κ1) is 17.4. The van der Waals surface area contributed by atoms with E-state index in [-0.39, 0.29) is 19.0 Å². The maximum Gasteiger partial charge on any atom is 0.255 e. The van der Waals surface area contributed by atoms with Crippen LogP contribution in [0.4, 0.5) is 0 Å². The van der Waals surface area contributed by atoms with Gasteiger partial charge in [-0.15, -0.1) is 0 Å². The molecule has 1 unspecified atom stereocenters. The number of rotatable bonds is 8. The van der Waals surface area contributed by atoms with Crippen LogP contribution in [0.25, 0.3) is 0 Å². The highest BCUT2D eigenvalue weighted by Gasteiger charge is 2.41. The maximum absolute atomic E-state index is 12.5. The van der Waals surface area contributed by atoms with E-state index in [9.17, 15) is 14.7 Å². The van der Waals surface area contributed by atoms with E-state index in [2.05, 4.69) is 17.4 Å². The highest BCUT2D eigenvalue weighted by molar-refractivity contribution is 5.86. The molecule has 2 rings (SSSR count). The predicted octanol–water partition coefficient (Wildman–Crippen LogP) is 0.0476. The number of aryl methyl sites for hydroxylation is 1. The number of primary amides is 1. The number of carbonyl (C=O) groups excluding carboxylic acids is 2. The second-order valence-electron chi connectivity index (χ2n) is 6.09. The van der Waals surface area contributed by atoms with Gasteiger partial charge in [-0.05, 0) is 31.2 Å². The van der Waals surface area contributed by atoms with E-state index in [0.717, 1.165) is 19.3 Å². The number of likely N-dealkylation sites (tertiary alicyclic amines) is 1. The minimum atomic E-state index is -1.43. The van der Waals surface area contributed by atoms with Crippen LogP contribution in [0.2, 0.25) is 0 Å². The van der Waals surface area contributed by atoms with Crippen LogP contribution < -0.4 is 11.1 Å². The van der Waals surface area contributed by atoms with E-state index < -0.39 is 11.5 Å². The summed E-state index contributed by atoms with van der Waals surface area (Å²) >= 11 is 0. The zero-order chi connectivity index (χ0) is 16.7. The van der Waals surface area contributed by atoms with E-state index in [4.69, 9.17) is 5.73 Å². The van der Waals surface area contributed by atoms with Gasteiger partial charge in [0.15, 0.2) is 5.60 Å². The number of nitrogens with one attached hydrogen (secondary N) is 1. The van der Waals surface area contributed by atoms with E-state index >= 15 is 0 Å². The second kappa shape index (κ2) is 8.08. The third-order valence-corrected chi connectivity index (χ3v) is 4.16. The molecular weight excluding hydrogens is 294 g/mol. The molecule has 126 valence electrons. The molecule has 1 atom stereocenters. The lowest BCUT2D eigenvalue weighted by Crippen LogP contribution is -2.58. The molecule has 0 aromatic heterocycles. The first-order valence-electron chi connectivity index (χ1n) is 8.06. The zero-order valence-electron chi connectivity index (χ0n) is 13.3. The van der Waals surface area contributed by atoms with Gasteiger partial charge in [-0.2, -0.15) is 0 Å². The fourth-order valence-corrected chi connectivity index (χ4v) is 2.95. The van der Waals surface area contributed by atoms with E-state index in [1.807, 2.05) is 18.2 Å². The van der Waals surface area contributed by atoms with Crippen molar-refractivity contribution in [3.63, 3.8) is 0 Å². The molecule has 0 spiro atoms. The van der Waals surface area contributed by atoms with Gasteiger partial charge < -0.3 is 21.1 Å². The quantitative estimate of drug-likeness (QED) is 0.631. The van der Waals surface area contributed by atoms with Crippen LogP contribution in [0.3, 0.4) is 0 Å². The number of nitrogens with two attached hydrogens (primary N) is 1. The molecule has 0 saturated carbocycles. The molecule has 1 aromatic rings. The van der Waals surface area contributed by atoms with Crippen molar-refractivity contribution in [2.45, 2.75) is 31.3 Å². The van der Waals surface area contributed by atoms with Crippen molar-refractivity contribution in [2.75, 3.05) is 26.2 Å². The number of aliphatic hydroxyl groups is 1. The molecule has 23 heavy (non-hydrogen) atoms. The van der Waals surface area contributed by atoms with Crippen molar-refractivity contribution in [1.82, 2.24) is 10.2 Å². The molecule has 6 nitrogen and oxygen atoms in total. The molecule has 6 heteroatoms. The van der Waals surface area contributed by atoms with Gasteiger partial charge in [0.05, 0.1) is 6.54 Å². The molecule has 1 aliphatic rings. The highest BCUT2D eigenvalue weighted by atomic mass is 16.3. The van der Waals surface area contributed by atoms with Crippen LogP contribution in [0.15, 0.2) is 30.3 Å². The summed E-state index contributed by atoms with van der Waals surface area (Å²) < 4.78 is 0. The van der Waals surface area contributed by atoms with Crippen molar-refractivity contribution >= 4 is 11.8 Å². The summed E-state index contributed by atoms with van der Waals surface area (Å²) in [5.41, 5.74) is 4.87. The molecule has 1 heterocycles. The molecule has 2 amide bonds. The van der Waals surface area contributed by atoms with Crippen LogP contribution in [-0.2, 0) is 16.0 Å². The summed E-state index contributed by atoms with van der Waals surface area (Å²) in [6.07, 6.45) is 2.93. The summed E-state index contributed by atoms with van der Waals surface area (Å²) in [6, 6.07) is 10.1. The van der Waals surface area contributed by atoms with Crippen molar-refractivity contribution in [2.24, 2.45) is 5.73 Å². The number of hydrogen-bond donors (Lipinski definition) is 3. The van der Waals surface area contributed by atoms with E-state index in [1.54, 1.807) is 4.90 Å². The lowest BCUT2D eigenvalue weighted by Gasteiger charge is -2.38. The smallest absolute Gasteiger partial charge is 0.255 e. The van der Waals surface area contributed by atoms with Crippen LogP contribution in [0, 0.1) is 0 Å². The highest BCUT2D eigenvalue weighted by Crippen LogP contribution is 2.22. The van der Waals surface area contributed by atoms with Crippen molar-refractivity contribution in [3.05, 3.63) is 35.9 Å². The Bertz CT molecular complexity index is 535. The van der Waals surface area contributed by atoms with Gasteiger partial charge in [0.25, 0.3) is 5.91 Å². The fraction of sp³-hybridized carbons (Fsp3) is 0.529. The minimum Gasteiger partial charge on any atom is -0.379 e. The maximum atomic E-state index is 12.5. The lowest BCUT2D eigenvalue weighted by atomic mass is 9.91. The topological polar surface area (TPSA) is 95.7 Å². The molecule has 1 saturated heterocycles. The SMILES string of the molecule is NC(=O)CNCC1(O)CCCN(CCCc2ccccc2)C1=O. The third kappa shape index (κ3) is 5.04. The average Bonchev–Trinajstić information content (AvgIpc) is 2.52. The van der Waals surface area contributed by atoms with E-state index in [0.29, 0.717) is 19.5 Å². The summed E-state index contributed by atoms with van der Waals surface area (Å²) in [5.74, 6) is -0.759. The number of carbonyl (C=O) groups is 2. The Morgan fingerprint density at radius 1 is 1.35 bits per heavy atom. The van der Waals surface area contributed by atoms with Crippen LogP contribution >= 0.6 is 0 Å². The number of nitrogens with zero attached hydrogens (tertiary/aromatic N) is 1. The molecule has 1 fully saturated rings. The Labute approximate surface area is 136 Å². The van der Waals surface area contributed by atoms with Gasteiger partial charge in [-0.25, -0.2) is 0 Å². The van der Waals surface area contributed by atoms with Gasteiger partial charge in [0, 0.05) is 19.6 Å². The number of hydrogen-bond acceptors (Lipinski definition) is 4. The van der Waals surface area contributed by atoms with Gasteiger partial charge in [0.1, 0.15) is 0 Å². The number of amides is 2. The summed E-state index contributed by atoms with van der Waals surface area (Å²) in [7, 11) is 0. The molecule has 4 N–H and O–H groups in total. The molecule has 0 bridgehead atoms. The van der Waals surface area contributed by atoms with Crippen LogP contribution in [-0.4, -0.2) is 53.6 Å². The summed E-state index contributed by atoms with van der Waals surface area (Å²) in [5, 5.41) is 13.3. The van der Waals surface area contributed by atoms with Crippen molar-refractivity contribution in [3.8, 4) is 0 Å². The monoisotopic (exact) mass is 319 g/mol. The predicted molar refractivity (Wildman–Crippen MR) is 87.6 cm³/mol. The van der Waals surface area contributed by atoms with Gasteiger partial charge in [0.2, 0.25) is 5.91 Å². The van der Waals surface area contributed by atoms with Gasteiger partial charge in [-0.1, -0.05) is 30.3 Å². The average molecular weight is 319 g/mol. The number of benzene rings is 1. The van der Waals surface area contributed by atoms with Gasteiger partial charge in [-0.3, -0.25) is 9.59 Å². The zero-order valence-corrected chi connectivity index (χ0v) is 13.3. The minimum absolute atomic E-state index is 0.0381. The van der Waals surface area contributed by atoms with Crippen LogP contribution in [0.1, 0.15) is 24.8 Å². The fourth-order valence-electron chi connectivity index (χ4n) is 2.95. The molecule has 1 aromatic carbocycles. The second-order valence-corrected chi connectivity index (χ2v) is 6.09.